The van der Waals surface area contributed by atoms with Crippen LogP contribution in [-0.2, 0) is 17.8 Å². The van der Waals surface area contributed by atoms with Crippen LogP contribution in [0.1, 0.15) is 11.1 Å². The molecule has 1 aromatic carbocycles. The second-order valence-electron chi connectivity index (χ2n) is 3.52. The third kappa shape index (κ3) is 2.43. The number of fused-ring (bicyclic) bond motifs is 1. The predicted octanol–water partition coefficient (Wildman–Crippen LogP) is 1.97. The highest BCUT2D eigenvalue weighted by Gasteiger charge is 2.13. The highest BCUT2D eigenvalue weighted by molar-refractivity contribution is 6.31. The standard InChI is InChI=1S/C11H14ClNO2/c1-13-3-2-8-5-11-9(4-10(8)12)6-14-7-15-11/h4-5,13H,2-3,6-7H2,1H3. The van der Waals surface area contributed by atoms with Gasteiger partial charge >= 0.3 is 0 Å². The van der Waals surface area contributed by atoms with Crippen molar-refractivity contribution in [3.63, 3.8) is 0 Å². The fraction of sp³-hybridized carbons (Fsp3) is 0.455. The van der Waals surface area contributed by atoms with Crippen molar-refractivity contribution in [3.05, 3.63) is 28.3 Å². The van der Waals surface area contributed by atoms with Crippen LogP contribution in [0.25, 0.3) is 0 Å². The molecule has 0 amide bonds. The van der Waals surface area contributed by atoms with Crippen molar-refractivity contribution in [2.45, 2.75) is 13.0 Å². The molecule has 4 heteroatoms. The van der Waals surface area contributed by atoms with Crippen LogP contribution in [0, 0.1) is 0 Å². The summed E-state index contributed by atoms with van der Waals surface area (Å²) in [7, 11) is 1.93. The molecule has 0 bridgehead atoms. The van der Waals surface area contributed by atoms with Gasteiger partial charge in [-0.05, 0) is 37.7 Å². The van der Waals surface area contributed by atoms with Crippen LogP contribution < -0.4 is 10.1 Å². The Labute approximate surface area is 94.3 Å². The Kier molecular flexibility index (Phi) is 3.46. The van der Waals surface area contributed by atoms with Crippen molar-refractivity contribution >= 4 is 11.6 Å². The maximum atomic E-state index is 6.16. The van der Waals surface area contributed by atoms with Crippen LogP contribution in [0.3, 0.4) is 0 Å². The second kappa shape index (κ2) is 4.84. The molecule has 0 spiro atoms. The van der Waals surface area contributed by atoms with Crippen molar-refractivity contribution in [3.8, 4) is 5.75 Å². The van der Waals surface area contributed by atoms with Crippen LogP contribution >= 0.6 is 11.6 Å². The lowest BCUT2D eigenvalue weighted by Crippen LogP contribution is -2.13. The molecule has 0 saturated carbocycles. The third-order valence-corrected chi connectivity index (χ3v) is 2.78. The summed E-state index contributed by atoms with van der Waals surface area (Å²) in [5, 5.41) is 3.89. The SMILES string of the molecule is CNCCc1cc2c(cc1Cl)COCO2. The van der Waals surface area contributed by atoms with Gasteiger partial charge in [0.2, 0.25) is 0 Å². The van der Waals surface area contributed by atoms with Crippen molar-refractivity contribution in [2.75, 3.05) is 20.4 Å². The van der Waals surface area contributed by atoms with Crippen molar-refractivity contribution in [2.24, 2.45) is 0 Å². The lowest BCUT2D eigenvalue weighted by molar-refractivity contribution is -0.0164. The molecule has 82 valence electrons. The van der Waals surface area contributed by atoms with Gasteiger partial charge in [0.25, 0.3) is 0 Å². The first-order valence-electron chi connectivity index (χ1n) is 4.97. The van der Waals surface area contributed by atoms with Gasteiger partial charge in [-0.3, -0.25) is 0 Å². The topological polar surface area (TPSA) is 30.5 Å². The molecule has 0 radical (unpaired) electrons. The smallest absolute Gasteiger partial charge is 0.189 e. The zero-order valence-corrected chi connectivity index (χ0v) is 9.43. The molecule has 1 aromatic rings. The minimum absolute atomic E-state index is 0.333. The van der Waals surface area contributed by atoms with Gasteiger partial charge in [-0.25, -0.2) is 0 Å². The number of nitrogens with one attached hydrogen (secondary N) is 1. The highest BCUT2D eigenvalue weighted by atomic mass is 35.5. The number of hydrogen-bond donors (Lipinski definition) is 1. The number of rotatable bonds is 3. The molecule has 0 aliphatic carbocycles. The fourth-order valence-corrected chi connectivity index (χ4v) is 1.87. The minimum atomic E-state index is 0.333. The van der Waals surface area contributed by atoms with E-state index in [2.05, 4.69) is 5.32 Å². The van der Waals surface area contributed by atoms with Crippen LogP contribution in [0.4, 0.5) is 0 Å². The number of likely N-dealkylation sites (N-methyl/N-ethyl adjacent to an activating group) is 1. The van der Waals surface area contributed by atoms with E-state index in [0.717, 1.165) is 34.9 Å². The first-order valence-corrected chi connectivity index (χ1v) is 5.35. The summed E-state index contributed by atoms with van der Waals surface area (Å²) in [5.74, 6) is 0.900. The lowest BCUT2D eigenvalue weighted by Gasteiger charge is -2.19. The van der Waals surface area contributed by atoms with Crippen LogP contribution in [0.15, 0.2) is 12.1 Å². The molecule has 3 nitrogen and oxygen atoms in total. The van der Waals surface area contributed by atoms with Crippen molar-refractivity contribution in [1.82, 2.24) is 5.32 Å². The first kappa shape index (κ1) is 10.7. The van der Waals surface area contributed by atoms with E-state index in [1.807, 2.05) is 19.2 Å². The van der Waals surface area contributed by atoms with Crippen LogP contribution in [0.5, 0.6) is 5.75 Å². The van der Waals surface area contributed by atoms with Gasteiger partial charge in [0, 0.05) is 10.6 Å². The molecule has 1 N–H and O–H groups in total. The minimum Gasteiger partial charge on any atom is -0.467 e. The molecule has 15 heavy (non-hydrogen) atoms. The molecule has 0 saturated heterocycles. The normalized spacial score (nSPS) is 14.5. The highest BCUT2D eigenvalue weighted by Crippen LogP contribution is 2.30. The van der Waals surface area contributed by atoms with Gasteiger partial charge < -0.3 is 14.8 Å². The fourth-order valence-electron chi connectivity index (χ4n) is 1.59. The lowest BCUT2D eigenvalue weighted by atomic mass is 10.1. The van der Waals surface area contributed by atoms with E-state index in [4.69, 9.17) is 21.1 Å². The zero-order valence-electron chi connectivity index (χ0n) is 8.68. The molecular weight excluding hydrogens is 214 g/mol. The molecule has 2 rings (SSSR count). The largest absolute Gasteiger partial charge is 0.467 e. The molecule has 1 heterocycles. The van der Waals surface area contributed by atoms with Gasteiger partial charge in [0.15, 0.2) is 6.79 Å². The van der Waals surface area contributed by atoms with Crippen molar-refractivity contribution < 1.29 is 9.47 Å². The monoisotopic (exact) mass is 227 g/mol. The van der Waals surface area contributed by atoms with E-state index in [9.17, 15) is 0 Å². The van der Waals surface area contributed by atoms with E-state index < -0.39 is 0 Å². The van der Waals surface area contributed by atoms with Gasteiger partial charge in [0.05, 0.1) is 6.61 Å². The molecule has 0 atom stereocenters. The Bertz CT molecular complexity index is 355. The summed E-state index contributed by atoms with van der Waals surface area (Å²) >= 11 is 6.16. The van der Waals surface area contributed by atoms with Crippen LogP contribution in [0.2, 0.25) is 5.02 Å². The average molecular weight is 228 g/mol. The third-order valence-electron chi connectivity index (χ3n) is 2.43. The average Bonchev–Trinajstić information content (AvgIpc) is 2.26. The number of benzene rings is 1. The molecule has 1 aliphatic heterocycles. The molecule has 0 aromatic heterocycles. The summed E-state index contributed by atoms with van der Waals surface area (Å²) in [6.45, 7) is 1.83. The predicted molar refractivity (Wildman–Crippen MR) is 59.4 cm³/mol. The summed E-state index contributed by atoms with van der Waals surface area (Å²) in [6, 6.07) is 3.94. The van der Waals surface area contributed by atoms with E-state index in [0.29, 0.717) is 13.4 Å². The second-order valence-corrected chi connectivity index (χ2v) is 3.92. The van der Waals surface area contributed by atoms with Crippen LogP contribution in [-0.4, -0.2) is 20.4 Å². The van der Waals surface area contributed by atoms with E-state index >= 15 is 0 Å². The van der Waals surface area contributed by atoms with E-state index in [-0.39, 0.29) is 0 Å². The Morgan fingerprint density at radius 2 is 2.33 bits per heavy atom. The quantitative estimate of drug-likeness (QED) is 0.857. The number of hydrogen-bond acceptors (Lipinski definition) is 3. The van der Waals surface area contributed by atoms with Gasteiger partial charge in [0.1, 0.15) is 5.75 Å². The summed E-state index contributed by atoms with van der Waals surface area (Å²) in [5.41, 5.74) is 2.14. The molecule has 0 fully saturated rings. The van der Waals surface area contributed by atoms with Gasteiger partial charge in [-0.15, -0.1) is 0 Å². The molecule has 0 unspecified atom stereocenters. The van der Waals surface area contributed by atoms with E-state index in [1.165, 1.54) is 0 Å². The Balaban J connectivity index is 2.24. The maximum absolute atomic E-state index is 6.16. The summed E-state index contributed by atoms with van der Waals surface area (Å²) in [6.07, 6.45) is 0.910. The summed E-state index contributed by atoms with van der Waals surface area (Å²) < 4.78 is 10.6. The Hall–Kier alpha value is -0.770. The van der Waals surface area contributed by atoms with E-state index in [1.54, 1.807) is 0 Å². The Morgan fingerprint density at radius 3 is 3.13 bits per heavy atom. The molecule has 1 aliphatic rings. The van der Waals surface area contributed by atoms with Gasteiger partial charge in [-0.1, -0.05) is 11.6 Å². The zero-order chi connectivity index (χ0) is 10.7. The summed E-state index contributed by atoms with van der Waals surface area (Å²) in [4.78, 5) is 0. The first-order chi connectivity index (χ1) is 7.31. The number of ether oxygens (including phenoxy) is 2. The van der Waals surface area contributed by atoms with Gasteiger partial charge in [-0.2, -0.15) is 0 Å². The Morgan fingerprint density at radius 1 is 1.47 bits per heavy atom. The van der Waals surface area contributed by atoms with Crippen molar-refractivity contribution in [1.29, 1.82) is 0 Å². The molecular formula is C11H14ClNO2. The maximum Gasteiger partial charge on any atom is 0.189 e. The number of halogens is 1.